The Labute approximate surface area is 214 Å². The molecule has 0 spiro atoms. The molecule has 1 aliphatic rings. The molecule has 1 aliphatic heterocycles. The van der Waals surface area contributed by atoms with Gasteiger partial charge < -0.3 is 24.8 Å². The van der Waals surface area contributed by atoms with Gasteiger partial charge in [-0.15, -0.1) is 0 Å². The highest BCUT2D eigenvalue weighted by atomic mass is 16.5. The zero-order chi connectivity index (χ0) is 25.9. The van der Waals surface area contributed by atoms with Gasteiger partial charge in [0.05, 0.1) is 5.39 Å². The highest BCUT2D eigenvalue weighted by Crippen LogP contribution is 2.34. The highest BCUT2D eigenvalue weighted by molar-refractivity contribution is 6.02. The minimum Gasteiger partial charge on any atom is -0.457 e. The fourth-order valence-corrected chi connectivity index (χ4v) is 4.58. The predicted octanol–water partition coefficient (Wildman–Crippen LogP) is 3.34. The molecule has 4 aromatic rings. The highest BCUT2D eigenvalue weighted by Gasteiger charge is 2.30. The van der Waals surface area contributed by atoms with Gasteiger partial charge in [0.15, 0.2) is 5.82 Å². The van der Waals surface area contributed by atoms with E-state index in [-0.39, 0.29) is 23.2 Å². The van der Waals surface area contributed by atoms with Crippen LogP contribution in [-0.4, -0.2) is 64.2 Å². The Morgan fingerprint density at radius 1 is 1.14 bits per heavy atom. The monoisotopic (exact) mass is 498 g/mol. The van der Waals surface area contributed by atoms with E-state index in [1.54, 1.807) is 6.08 Å². The molecule has 2 aromatic carbocycles. The maximum absolute atomic E-state index is 12.8. The first-order valence-corrected chi connectivity index (χ1v) is 12.2. The molecule has 1 fully saturated rings. The second kappa shape index (κ2) is 10.3. The first kappa shape index (κ1) is 24.3. The van der Waals surface area contributed by atoms with E-state index in [0.717, 1.165) is 23.4 Å². The maximum Gasteiger partial charge on any atom is 0.288 e. The lowest BCUT2D eigenvalue weighted by Gasteiger charge is -2.39. The summed E-state index contributed by atoms with van der Waals surface area (Å²) < 4.78 is 7.84. The van der Waals surface area contributed by atoms with Crippen LogP contribution in [0.2, 0.25) is 0 Å². The van der Waals surface area contributed by atoms with E-state index in [1.165, 1.54) is 0 Å². The number of nitrogens with one attached hydrogen (secondary N) is 1. The largest absolute Gasteiger partial charge is 0.457 e. The zero-order valence-corrected chi connectivity index (χ0v) is 20.9. The van der Waals surface area contributed by atoms with Gasteiger partial charge in [0.2, 0.25) is 5.91 Å². The Kier molecular flexibility index (Phi) is 6.78. The van der Waals surface area contributed by atoms with Crippen LogP contribution in [0, 0.1) is 5.92 Å². The number of likely N-dealkylation sites (tertiary alicyclic amines) is 1. The van der Waals surface area contributed by atoms with Crippen LogP contribution in [0.1, 0.15) is 0 Å². The molecule has 1 amide bonds. The molecule has 5 rings (SSSR count). The number of likely N-dealkylation sites (N-methyl/N-ethyl adjacent to an activating group) is 1. The number of aromatic nitrogens is 3. The maximum atomic E-state index is 12.8. The number of nitrogens with two attached hydrogens (primary N) is 1. The topological polar surface area (TPSA) is 109 Å². The molecule has 9 heteroatoms. The molecule has 0 atom stereocenters. The molecule has 0 aliphatic carbocycles. The van der Waals surface area contributed by atoms with Crippen molar-refractivity contribution in [2.45, 2.75) is 6.54 Å². The van der Waals surface area contributed by atoms with Gasteiger partial charge in [0.1, 0.15) is 17.0 Å². The molecule has 37 heavy (non-hydrogen) atoms. The number of nitrogens with zero attached hydrogens (tertiary/aromatic N) is 4. The van der Waals surface area contributed by atoms with Gasteiger partial charge in [-0.3, -0.25) is 9.59 Å². The van der Waals surface area contributed by atoms with Gasteiger partial charge in [-0.1, -0.05) is 36.4 Å². The molecule has 0 saturated carbocycles. The average Bonchev–Trinajstić information content (AvgIpc) is 3.25. The number of ether oxygens (including phenoxy) is 1. The number of H-pyrrole nitrogens is 1. The van der Waals surface area contributed by atoms with Crippen LogP contribution < -0.4 is 16.0 Å². The molecule has 3 N–H and O–H groups in total. The van der Waals surface area contributed by atoms with Crippen molar-refractivity contribution in [1.82, 2.24) is 24.6 Å². The van der Waals surface area contributed by atoms with Crippen LogP contribution in [-0.2, 0) is 11.3 Å². The number of hydrogen-bond acceptors (Lipinski definition) is 6. The number of benzene rings is 2. The Morgan fingerprint density at radius 2 is 1.84 bits per heavy atom. The normalized spacial score (nSPS) is 14.0. The van der Waals surface area contributed by atoms with E-state index in [4.69, 9.17) is 10.5 Å². The fourth-order valence-electron chi connectivity index (χ4n) is 4.58. The minimum absolute atomic E-state index is 0.0141. The van der Waals surface area contributed by atoms with Crippen molar-refractivity contribution in [1.29, 1.82) is 0 Å². The summed E-state index contributed by atoms with van der Waals surface area (Å²) in [6.07, 6.45) is 5.45. The van der Waals surface area contributed by atoms with Gasteiger partial charge in [-0.2, -0.15) is 5.10 Å². The van der Waals surface area contributed by atoms with E-state index < -0.39 is 0 Å². The van der Waals surface area contributed by atoms with E-state index in [1.807, 2.05) is 95.3 Å². The molecule has 0 bridgehead atoms. The second-order valence-electron chi connectivity index (χ2n) is 9.57. The number of anilines is 1. The standard InChI is InChI=1S/C28H30N6O3/c1-32(2)14-6-9-24(35)33-15-19(16-33)17-34-18-23(25-26(34)28(36)31-30-27(25)29)20-10-12-22(13-11-20)37-21-7-4-3-5-8-21/h3-13,18-19H,14-17H2,1-2H3,(H2,29,30)(H,31,36)/b9-6+. The summed E-state index contributed by atoms with van der Waals surface area (Å²) in [5.41, 5.74) is 8.16. The Morgan fingerprint density at radius 3 is 2.54 bits per heavy atom. The molecule has 190 valence electrons. The SMILES string of the molecule is CN(C)C/C=C/C(=O)N1CC(Cn2cc(-c3ccc(Oc4ccccc4)cc3)c3c(N)n[nH]c(=O)c32)C1. The number of carbonyl (C=O) groups is 1. The number of aromatic amines is 1. The van der Waals surface area contributed by atoms with E-state index in [0.29, 0.717) is 36.3 Å². The minimum atomic E-state index is -0.293. The first-order valence-electron chi connectivity index (χ1n) is 12.2. The summed E-state index contributed by atoms with van der Waals surface area (Å²) in [5.74, 6) is 1.99. The average molecular weight is 499 g/mol. The van der Waals surface area contributed by atoms with Crippen LogP contribution in [0.15, 0.2) is 77.7 Å². The zero-order valence-electron chi connectivity index (χ0n) is 20.9. The number of amides is 1. The van der Waals surface area contributed by atoms with Crippen LogP contribution in [0.5, 0.6) is 11.5 Å². The summed E-state index contributed by atoms with van der Waals surface area (Å²) in [4.78, 5) is 29.0. The van der Waals surface area contributed by atoms with Gasteiger partial charge in [-0.05, 0) is 43.9 Å². The number of nitrogen functional groups attached to an aromatic ring is 1. The van der Waals surface area contributed by atoms with Crippen LogP contribution >= 0.6 is 0 Å². The summed E-state index contributed by atoms with van der Waals surface area (Å²) >= 11 is 0. The van der Waals surface area contributed by atoms with Crippen molar-refractivity contribution >= 4 is 22.6 Å². The Hall–Kier alpha value is -4.37. The molecular formula is C28H30N6O3. The third-order valence-electron chi connectivity index (χ3n) is 6.43. The van der Waals surface area contributed by atoms with Crippen LogP contribution in [0.3, 0.4) is 0 Å². The van der Waals surface area contributed by atoms with Crippen molar-refractivity contribution in [3.8, 4) is 22.6 Å². The summed E-state index contributed by atoms with van der Waals surface area (Å²) in [6, 6.07) is 17.3. The summed E-state index contributed by atoms with van der Waals surface area (Å²) in [7, 11) is 3.92. The smallest absolute Gasteiger partial charge is 0.288 e. The second-order valence-corrected chi connectivity index (χ2v) is 9.57. The van der Waals surface area contributed by atoms with E-state index in [2.05, 4.69) is 10.2 Å². The Bertz CT molecular complexity index is 1480. The predicted molar refractivity (Wildman–Crippen MR) is 144 cm³/mol. The third-order valence-corrected chi connectivity index (χ3v) is 6.43. The Balaban J connectivity index is 1.36. The lowest BCUT2D eigenvalue weighted by Crippen LogP contribution is -2.50. The molecule has 3 heterocycles. The number of carbonyl (C=O) groups excluding carboxylic acids is 1. The van der Waals surface area contributed by atoms with Crippen molar-refractivity contribution in [2.75, 3.05) is 39.5 Å². The fraction of sp³-hybridized carbons (Fsp3) is 0.250. The molecule has 9 nitrogen and oxygen atoms in total. The van der Waals surface area contributed by atoms with E-state index in [9.17, 15) is 9.59 Å². The number of para-hydroxylation sites is 1. The van der Waals surface area contributed by atoms with Gasteiger partial charge in [-0.25, -0.2) is 5.10 Å². The van der Waals surface area contributed by atoms with E-state index >= 15 is 0 Å². The molecule has 0 unspecified atom stereocenters. The van der Waals surface area contributed by atoms with Gasteiger partial charge >= 0.3 is 0 Å². The lowest BCUT2D eigenvalue weighted by molar-refractivity contribution is -0.132. The van der Waals surface area contributed by atoms with Crippen LogP contribution in [0.4, 0.5) is 5.82 Å². The van der Waals surface area contributed by atoms with Crippen molar-refractivity contribution in [3.63, 3.8) is 0 Å². The summed E-state index contributed by atoms with van der Waals surface area (Å²) in [6.45, 7) is 2.61. The quantitative estimate of drug-likeness (QED) is 0.361. The molecule has 2 aromatic heterocycles. The van der Waals surface area contributed by atoms with Gasteiger partial charge in [0, 0.05) is 49.9 Å². The first-order chi connectivity index (χ1) is 17.9. The number of hydrogen-bond donors (Lipinski definition) is 2. The van der Waals surface area contributed by atoms with Crippen molar-refractivity contribution < 1.29 is 9.53 Å². The summed E-state index contributed by atoms with van der Waals surface area (Å²) in [5, 5.41) is 7.14. The van der Waals surface area contributed by atoms with Gasteiger partial charge in [0.25, 0.3) is 5.56 Å². The molecule has 1 saturated heterocycles. The molecule has 0 radical (unpaired) electrons. The third kappa shape index (κ3) is 5.26. The number of rotatable bonds is 8. The molecular weight excluding hydrogens is 468 g/mol. The van der Waals surface area contributed by atoms with Crippen LogP contribution in [0.25, 0.3) is 22.0 Å². The number of fused-ring (bicyclic) bond motifs is 1. The lowest BCUT2D eigenvalue weighted by atomic mass is 10.00. The van der Waals surface area contributed by atoms with Crippen molar-refractivity contribution in [2.24, 2.45) is 5.92 Å². The van der Waals surface area contributed by atoms with Crippen molar-refractivity contribution in [3.05, 3.63) is 83.3 Å².